The number of benzene rings is 1. The van der Waals surface area contributed by atoms with Gasteiger partial charge in [0, 0.05) is 19.6 Å². The lowest BCUT2D eigenvalue weighted by Gasteiger charge is -2.28. The Hall–Kier alpha value is -1.55. The van der Waals surface area contributed by atoms with Crippen LogP contribution in [-0.4, -0.2) is 80.3 Å². The van der Waals surface area contributed by atoms with Gasteiger partial charge in [-0.15, -0.1) is 0 Å². The number of aliphatic hydroxyl groups is 1. The standard InChI is InChI=1S/C16H21FN2O5S/c17-16(12-20)5-6-19(11-16)25(22,23)14-4-2-1-3-13(14)15(21)18-7-9-24-10-8-18/h1-4,20H,5-12H2. The van der Waals surface area contributed by atoms with Gasteiger partial charge in [-0.3, -0.25) is 4.79 Å². The highest BCUT2D eigenvalue weighted by Crippen LogP contribution is 2.31. The van der Waals surface area contributed by atoms with E-state index in [4.69, 9.17) is 9.84 Å². The first kappa shape index (κ1) is 18.2. The minimum atomic E-state index is -4.03. The van der Waals surface area contributed by atoms with Gasteiger partial charge >= 0.3 is 0 Å². The fourth-order valence-electron chi connectivity index (χ4n) is 3.08. The van der Waals surface area contributed by atoms with E-state index in [0.717, 1.165) is 4.31 Å². The first-order chi connectivity index (χ1) is 11.9. The topological polar surface area (TPSA) is 87.2 Å². The summed E-state index contributed by atoms with van der Waals surface area (Å²) in [6.07, 6.45) is -0.0672. The van der Waals surface area contributed by atoms with Crippen molar-refractivity contribution < 1.29 is 27.4 Å². The van der Waals surface area contributed by atoms with Crippen LogP contribution in [0.5, 0.6) is 0 Å². The number of morpholine rings is 1. The molecule has 2 aliphatic heterocycles. The van der Waals surface area contributed by atoms with Gasteiger partial charge in [-0.05, 0) is 18.6 Å². The molecular formula is C16H21FN2O5S. The molecule has 0 aliphatic carbocycles. The smallest absolute Gasteiger partial charge is 0.255 e. The maximum absolute atomic E-state index is 14.2. The fourth-order valence-corrected chi connectivity index (χ4v) is 4.77. The minimum Gasteiger partial charge on any atom is -0.393 e. The first-order valence-corrected chi connectivity index (χ1v) is 9.57. The summed E-state index contributed by atoms with van der Waals surface area (Å²) in [6, 6.07) is 5.97. The Labute approximate surface area is 146 Å². The van der Waals surface area contributed by atoms with Crippen molar-refractivity contribution in [3.8, 4) is 0 Å². The molecule has 2 saturated heterocycles. The summed E-state index contributed by atoms with van der Waals surface area (Å²) in [5, 5.41) is 9.12. The molecule has 25 heavy (non-hydrogen) atoms. The quantitative estimate of drug-likeness (QED) is 0.819. The summed E-state index contributed by atoms with van der Waals surface area (Å²) in [5.74, 6) is -0.379. The number of hydrogen-bond donors (Lipinski definition) is 1. The zero-order valence-electron chi connectivity index (χ0n) is 13.7. The van der Waals surface area contributed by atoms with Crippen LogP contribution < -0.4 is 0 Å². The van der Waals surface area contributed by atoms with E-state index >= 15 is 0 Å². The van der Waals surface area contributed by atoms with E-state index in [0.29, 0.717) is 26.3 Å². The van der Waals surface area contributed by atoms with Crippen molar-refractivity contribution in [3.63, 3.8) is 0 Å². The predicted molar refractivity (Wildman–Crippen MR) is 87.5 cm³/mol. The third kappa shape index (κ3) is 3.55. The van der Waals surface area contributed by atoms with Gasteiger partial charge in [-0.1, -0.05) is 12.1 Å². The third-order valence-electron chi connectivity index (χ3n) is 4.59. The molecule has 0 aromatic heterocycles. The maximum Gasteiger partial charge on any atom is 0.255 e. The third-order valence-corrected chi connectivity index (χ3v) is 6.49. The van der Waals surface area contributed by atoms with Crippen molar-refractivity contribution in [1.82, 2.24) is 9.21 Å². The van der Waals surface area contributed by atoms with E-state index < -0.39 is 28.8 Å². The van der Waals surface area contributed by atoms with Gasteiger partial charge in [0.1, 0.15) is 5.67 Å². The summed E-state index contributed by atoms with van der Waals surface area (Å²) >= 11 is 0. The number of carbonyl (C=O) groups is 1. The van der Waals surface area contributed by atoms with Crippen molar-refractivity contribution in [3.05, 3.63) is 29.8 Å². The molecule has 7 nitrogen and oxygen atoms in total. The van der Waals surface area contributed by atoms with E-state index in [9.17, 15) is 17.6 Å². The van der Waals surface area contributed by atoms with Gasteiger partial charge in [0.15, 0.2) is 0 Å². The molecule has 2 aliphatic rings. The van der Waals surface area contributed by atoms with E-state index in [1.165, 1.54) is 18.2 Å². The number of ether oxygens (including phenoxy) is 1. The lowest BCUT2D eigenvalue weighted by Crippen LogP contribution is -2.42. The number of amides is 1. The SMILES string of the molecule is O=C(c1ccccc1S(=O)(=O)N1CCC(F)(CO)C1)N1CCOCC1. The highest BCUT2D eigenvalue weighted by molar-refractivity contribution is 7.89. The molecule has 1 N–H and O–H groups in total. The Kier molecular flexibility index (Phi) is 5.10. The molecule has 1 amide bonds. The first-order valence-electron chi connectivity index (χ1n) is 8.13. The molecule has 9 heteroatoms. The highest BCUT2D eigenvalue weighted by atomic mass is 32.2. The fraction of sp³-hybridized carbons (Fsp3) is 0.562. The molecule has 2 fully saturated rings. The normalized spacial score (nSPS) is 25.3. The Morgan fingerprint density at radius 1 is 1.24 bits per heavy atom. The van der Waals surface area contributed by atoms with Crippen LogP contribution in [0.15, 0.2) is 29.2 Å². The second-order valence-electron chi connectivity index (χ2n) is 6.30. The van der Waals surface area contributed by atoms with Crippen LogP contribution in [0.3, 0.4) is 0 Å². The van der Waals surface area contributed by atoms with Crippen LogP contribution in [0, 0.1) is 0 Å². The average Bonchev–Trinajstić information content (AvgIpc) is 3.06. The molecule has 3 rings (SSSR count). The molecule has 0 saturated carbocycles. The Bertz CT molecular complexity index is 751. The van der Waals surface area contributed by atoms with E-state index in [-0.39, 0.29) is 29.3 Å². The Morgan fingerprint density at radius 3 is 2.56 bits per heavy atom. The average molecular weight is 372 g/mol. The molecule has 1 aromatic carbocycles. The Morgan fingerprint density at radius 2 is 1.92 bits per heavy atom. The van der Waals surface area contributed by atoms with Crippen molar-refractivity contribution in [1.29, 1.82) is 0 Å². The zero-order chi connectivity index (χ0) is 18.1. The van der Waals surface area contributed by atoms with Crippen LogP contribution in [0.2, 0.25) is 0 Å². The van der Waals surface area contributed by atoms with Crippen LogP contribution in [0.4, 0.5) is 4.39 Å². The number of halogens is 1. The largest absolute Gasteiger partial charge is 0.393 e. The Balaban J connectivity index is 1.91. The summed E-state index contributed by atoms with van der Waals surface area (Å²) in [4.78, 5) is 14.2. The molecule has 2 heterocycles. The molecule has 1 unspecified atom stereocenters. The minimum absolute atomic E-state index is 0.0283. The van der Waals surface area contributed by atoms with Gasteiger partial charge < -0.3 is 14.7 Å². The van der Waals surface area contributed by atoms with Gasteiger partial charge in [0.25, 0.3) is 5.91 Å². The molecule has 0 spiro atoms. The number of nitrogens with zero attached hydrogens (tertiary/aromatic N) is 2. The molecule has 0 radical (unpaired) electrons. The summed E-state index contributed by atoms with van der Waals surface area (Å²) in [6.45, 7) is 0.449. The van der Waals surface area contributed by atoms with E-state index in [1.54, 1.807) is 11.0 Å². The molecule has 0 bridgehead atoms. The number of rotatable bonds is 4. The van der Waals surface area contributed by atoms with Crippen LogP contribution in [0.25, 0.3) is 0 Å². The van der Waals surface area contributed by atoms with Gasteiger partial charge in [-0.25, -0.2) is 12.8 Å². The van der Waals surface area contributed by atoms with E-state index in [1.807, 2.05) is 0 Å². The summed E-state index contributed by atoms with van der Waals surface area (Å²) in [5.41, 5.74) is -1.86. The maximum atomic E-state index is 14.2. The second-order valence-corrected chi connectivity index (χ2v) is 8.20. The van der Waals surface area contributed by atoms with Crippen LogP contribution >= 0.6 is 0 Å². The van der Waals surface area contributed by atoms with Crippen molar-refractivity contribution in [2.45, 2.75) is 17.0 Å². The molecule has 138 valence electrons. The van der Waals surface area contributed by atoms with Crippen molar-refractivity contribution in [2.24, 2.45) is 0 Å². The van der Waals surface area contributed by atoms with E-state index in [2.05, 4.69) is 0 Å². The highest BCUT2D eigenvalue weighted by Gasteiger charge is 2.44. The number of alkyl halides is 1. The number of sulfonamides is 1. The summed E-state index contributed by atoms with van der Waals surface area (Å²) < 4.78 is 46.3. The molecule has 1 aromatic rings. The number of carbonyl (C=O) groups excluding carboxylic acids is 1. The summed E-state index contributed by atoms with van der Waals surface area (Å²) in [7, 11) is -4.03. The van der Waals surface area contributed by atoms with Crippen molar-refractivity contribution in [2.75, 3.05) is 46.0 Å². The van der Waals surface area contributed by atoms with Crippen molar-refractivity contribution >= 4 is 15.9 Å². The lowest BCUT2D eigenvalue weighted by molar-refractivity contribution is 0.0300. The van der Waals surface area contributed by atoms with Gasteiger partial charge in [0.2, 0.25) is 10.0 Å². The molecular weight excluding hydrogens is 351 g/mol. The molecule has 1 atom stereocenters. The zero-order valence-corrected chi connectivity index (χ0v) is 14.5. The number of aliphatic hydroxyl groups excluding tert-OH is 1. The number of hydrogen-bond acceptors (Lipinski definition) is 5. The predicted octanol–water partition coefficient (Wildman–Crippen LogP) is 0.254. The van der Waals surface area contributed by atoms with Crippen LogP contribution in [0.1, 0.15) is 16.8 Å². The van der Waals surface area contributed by atoms with Crippen LogP contribution in [-0.2, 0) is 14.8 Å². The second kappa shape index (κ2) is 6.99. The van der Waals surface area contributed by atoms with Gasteiger partial charge in [0.05, 0.1) is 36.8 Å². The lowest BCUT2D eigenvalue weighted by atomic mass is 10.1. The van der Waals surface area contributed by atoms with Gasteiger partial charge in [-0.2, -0.15) is 4.31 Å². The monoisotopic (exact) mass is 372 g/mol.